The van der Waals surface area contributed by atoms with Crippen LogP contribution in [0.2, 0.25) is 0 Å². The van der Waals surface area contributed by atoms with E-state index in [1.54, 1.807) is 18.2 Å². The molecular weight excluding hydrogens is 457 g/mol. The van der Waals surface area contributed by atoms with Gasteiger partial charge in [0.05, 0.1) is 0 Å². The summed E-state index contributed by atoms with van der Waals surface area (Å²) in [5.74, 6) is -0.384. The molecule has 0 radical (unpaired) electrons. The predicted molar refractivity (Wildman–Crippen MR) is 119 cm³/mol. The van der Waals surface area contributed by atoms with Crippen molar-refractivity contribution in [3.8, 4) is 5.75 Å². The molecule has 0 bridgehead atoms. The SMILES string of the molecule is O=C(NCc1ccc(OCC(F)(F)F)cc1)C1CCN(S(=O)(=O)/C=C/c2ccccc2)CC1. The number of piperidine rings is 1. The molecule has 0 atom stereocenters. The maximum atomic E-state index is 12.5. The number of hydrogen-bond acceptors (Lipinski definition) is 4. The van der Waals surface area contributed by atoms with E-state index >= 15 is 0 Å². The normalized spacial score (nSPS) is 16.1. The van der Waals surface area contributed by atoms with Crippen LogP contribution in [0.15, 0.2) is 60.0 Å². The molecule has 2 aromatic carbocycles. The second kappa shape index (κ2) is 10.8. The lowest BCUT2D eigenvalue weighted by atomic mass is 9.97. The van der Waals surface area contributed by atoms with Gasteiger partial charge in [-0.2, -0.15) is 17.5 Å². The van der Waals surface area contributed by atoms with Gasteiger partial charge in [0.1, 0.15) is 5.75 Å². The summed E-state index contributed by atoms with van der Waals surface area (Å²) in [6.07, 6.45) is -2.03. The number of sulfonamides is 1. The topological polar surface area (TPSA) is 75.7 Å². The van der Waals surface area contributed by atoms with Crippen molar-refractivity contribution in [2.24, 2.45) is 5.92 Å². The number of hydrogen-bond donors (Lipinski definition) is 1. The van der Waals surface area contributed by atoms with E-state index < -0.39 is 22.8 Å². The summed E-state index contributed by atoms with van der Waals surface area (Å²) in [5, 5.41) is 3.99. The van der Waals surface area contributed by atoms with Crippen LogP contribution in [-0.2, 0) is 21.4 Å². The number of carbonyl (C=O) groups is 1. The Morgan fingerprint density at radius 2 is 1.70 bits per heavy atom. The van der Waals surface area contributed by atoms with Crippen molar-refractivity contribution in [1.29, 1.82) is 0 Å². The molecule has 0 aliphatic carbocycles. The number of rotatable bonds is 8. The van der Waals surface area contributed by atoms with E-state index in [0.717, 1.165) is 5.56 Å². The van der Waals surface area contributed by atoms with Crippen molar-refractivity contribution in [1.82, 2.24) is 9.62 Å². The Hall–Kier alpha value is -2.85. The first-order valence-electron chi connectivity index (χ1n) is 10.4. The number of nitrogens with one attached hydrogen (secondary N) is 1. The molecule has 178 valence electrons. The van der Waals surface area contributed by atoms with Crippen molar-refractivity contribution in [3.05, 3.63) is 71.1 Å². The maximum absolute atomic E-state index is 12.5. The highest BCUT2D eigenvalue weighted by Crippen LogP contribution is 2.22. The highest BCUT2D eigenvalue weighted by molar-refractivity contribution is 7.92. The average Bonchev–Trinajstić information content (AvgIpc) is 2.81. The van der Waals surface area contributed by atoms with Crippen molar-refractivity contribution in [3.63, 3.8) is 0 Å². The van der Waals surface area contributed by atoms with E-state index in [9.17, 15) is 26.4 Å². The Morgan fingerprint density at radius 3 is 2.30 bits per heavy atom. The van der Waals surface area contributed by atoms with Crippen LogP contribution in [0.25, 0.3) is 6.08 Å². The molecule has 3 rings (SSSR count). The van der Waals surface area contributed by atoms with Gasteiger partial charge in [0, 0.05) is 31.0 Å². The van der Waals surface area contributed by atoms with Crippen LogP contribution in [0.4, 0.5) is 13.2 Å². The van der Waals surface area contributed by atoms with E-state index in [-0.39, 0.29) is 37.2 Å². The molecule has 2 aromatic rings. The number of alkyl halides is 3. The van der Waals surface area contributed by atoms with Gasteiger partial charge in [0.2, 0.25) is 15.9 Å². The molecule has 33 heavy (non-hydrogen) atoms. The minimum absolute atomic E-state index is 0.0947. The fourth-order valence-electron chi connectivity index (χ4n) is 3.39. The molecule has 0 unspecified atom stereocenters. The summed E-state index contributed by atoms with van der Waals surface area (Å²) >= 11 is 0. The van der Waals surface area contributed by atoms with Gasteiger partial charge in [-0.15, -0.1) is 0 Å². The van der Waals surface area contributed by atoms with Gasteiger partial charge in [0.25, 0.3) is 0 Å². The molecule has 1 aliphatic rings. The van der Waals surface area contributed by atoms with Gasteiger partial charge >= 0.3 is 6.18 Å². The van der Waals surface area contributed by atoms with Crippen LogP contribution in [0, 0.1) is 5.92 Å². The molecule has 1 heterocycles. The second-order valence-electron chi connectivity index (χ2n) is 7.70. The quantitative estimate of drug-likeness (QED) is 0.618. The number of carbonyl (C=O) groups excluding carboxylic acids is 1. The maximum Gasteiger partial charge on any atom is 0.422 e. The Morgan fingerprint density at radius 1 is 1.06 bits per heavy atom. The zero-order valence-electron chi connectivity index (χ0n) is 17.8. The Balaban J connectivity index is 1.44. The van der Waals surface area contributed by atoms with Crippen molar-refractivity contribution >= 4 is 22.0 Å². The van der Waals surface area contributed by atoms with Crippen molar-refractivity contribution in [2.75, 3.05) is 19.7 Å². The van der Waals surface area contributed by atoms with Crippen LogP contribution < -0.4 is 10.1 Å². The third-order valence-corrected chi connectivity index (χ3v) is 6.77. The Kier molecular flexibility index (Phi) is 8.15. The summed E-state index contributed by atoms with van der Waals surface area (Å²) in [6, 6.07) is 15.1. The first-order chi connectivity index (χ1) is 15.6. The lowest BCUT2D eigenvalue weighted by Crippen LogP contribution is -2.42. The van der Waals surface area contributed by atoms with Crippen molar-refractivity contribution < 1.29 is 31.1 Å². The third kappa shape index (κ3) is 7.90. The van der Waals surface area contributed by atoms with E-state index in [0.29, 0.717) is 18.4 Å². The minimum Gasteiger partial charge on any atom is -0.484 e. The Bertz CT molecular complexity index is 1050. The van der Waals surface area contributed by atoms with Crippen LogP contribution in [-0.4, -0.2) is 44.5 Å². The molecule has 1 amide bonds. The van der Waals surface area contributed by atoms with Crippen LogP contribution >= 0.6 is 0 Å². The summed E-state index contributed by atoms with van der Waals surface area (Å²) in [7, 11) is -3.57. The van der Waals surface area contributed by atoms with Gasteiger partial charge in [-0.3, -0.25) is 4.79 Å². The monoisotopic (exact) mass is 482 g/mol. The molecule has 1 aliphatic heterocycles. The standard InChI is InChI=1S/C23H25F3N2O4S/c24-23(25,26)17-32-21-8-6-19(7-9-21)16-27-22(29)20-10-13-28(14-11-20)33(30,31)15-12-18-4-2-1-3-5-18/h1-9,12,15,20H,10-11,13-14,16-17H2,(H,27,29)/b15-12+. The lowest BCUT2D eigenvalue weighted by Gasteiger charge is -2.29. The number of halogens is 3. The molecule has 1 saturated heterocycles. The number of ether oxygens (including phenoxy) is 1. The lowest BCUT2D eigenvalue weighted by molar-refractivity contribution is -0.153. The molecule has 6 nitrogen and oxygen atoms in total. The number of amides is 1. The first-order valence-corrected chi connectivity index (χ1v) is 11.9. The number of benzene rings is 2. The molecule has 10 heteroatoms. The highest BCUT2D eigenvalue weighted by Gasteiger charge is 2.30. The summed E-state index contributed by atoms with van der Waals surface area (Å²) < 4.78 is 67.7. The summed E-state index contributed by atoms with van der Waals surface area (Å²) in [4.78, 5) is 12.5. The van der Waals surface area contributed by atoms with Crippen molar-refractivity contribution in [2.45, 2.75) is 25.6 Å². The molecule has 0 spiro atoms. The van der Waals surface area contributed by atoms with E-state index in [2.05, 4.69) is 10.1 Å². The summed E-state index contributed by atoms with van der Waals surface area (Å²) in [5.41, 5.74) is 1.50. The first kappa shape index (κ1) is 24.8. The highest BCUT2D eigenvalue weighted by atomic mass is 32.2. The smallest absolute Gasteiger partial charge is 0.422 e. The molecule has 1 fully saturated rings. The van der Waals surface area contributed by atoms with Gasteiger partial charge in [-0.25, -0.2) is 8.42 Å². The molecular formula is C23H25F3N2O4S. The van der Waals surface area contributed by atoms with Gasteiger partial charge in [-0.05, 0) is 42.2 Å². The van der Waals surface area contributed by atoms with E-state index in [1.807, 2.05) is 30.3 Å². The molecule has 0 saturated carbocycles. The fraction of sp³-hybridized carbons (Fsp3) is 0.348. The molecule has 0 aromatic heterocycles. The summed E-state index contributed by atoms with van der Waals surface area (Å²) in [6.45, 7) is -0.633. The van der Waals surface area contributed by atoms with E-state index in [1.165, 1.54) is 21.8 Å². The minimum atomic E-state index is -4.40. The average molecular weight is 483 g/mol. The van der Waals surface area contributed by atoms with Crippen LogP contribution in [0.3, 0.4) is 0 Å². The zero-order valence-corrected chi connectivity index (χ0v) is 18.6. The second-order valence-corrected chi connectivity index (χ2v) is 9.52. The predicted octanol–water partition coefficient (Wildman–Crippen LogP) is 3.96. The van der Waals surface area contributed by atoms with E-state index in [4.69, 9.17) is 0 Å². The largest absolute Gasteiger partial charge is 0.484 e. The fourth-order valence-corrected chi connectivity index (χ4v) is 4.61. The van der Waals surface area contributed by atoms with Gasteiger partial charge < -0.3 is 10.1 Å². The zero-order chi connectivity index (χ0) is 23.9. The Labute approximate surface area is 191 Å². The van der Waals surface area contributed by atoms with Crippen LogP contribution in [0.5, 0.6) is 5.75 Å². The van der Waals surface area contributed by atoms with Gasteiger partial charge in [-0.1, -0.05) is 42.5 Å². The number of nitrogens with zero attached hydrogens (tertiary/aromatic N) is 1. The van der Waals surface area contributed by atoms with Gasteiger partial charge in [0.15, 0.2) is 6.61 Å². The third-order valence-electron chi connectivity index (χ3n) is 5.21. The molecule has 1 N–H and O–H groups in total. The van der Waals surface area contributed by atoms with Crippen LogP contribution in [0.1, 0.15) is 24.0 Å².